The fourth-order valence-electron chi connectivity index (χ4n) is 4.54. The Morgan fingerprint density at radius 1 is 1.09 bits per heavy atom. The number of fused-ring (bicyclic) bond motifs is 1. The average Bonchev–Trinajstić information content (AvgIpc) is 3.00. The van der Waals surface area contributed by atoms with Crippen LogP contribution in [0, 0.1) is 12.3 Å². The molecule has 5 N–H and O–H groups in total. The number of carbonyl (C=O) groups excluding carboxylic acids is 1. The lowest BCUT2D eigenvalue weighted by Crippen LogP contribution is -2.24. The minimum absolute atomic E-state index is 0.00629. The Morgan fingerprint density at radius 2 is 1.75 bits per heavy atom. The van der Waals surface area contributed by atoms with Gasteiger partial charge in [0.05, 0.1) is 43.9 Å². The highest BCUT2D eigenvalue weighted by molar-refractivity contribution is 7.86. The molecule has 0 spiro atoms. The van der Waals surface area contributed by atoms with E-state index in [0.717, 1.165) is 12.1 Å². The molecule has 1 saturated carbocycles. The molecule has 1 aliphatic rings. The molecule has 5 rings (SSSR count). The van der Waals surface area contributed by atoms with Crippen molar-refractivity contribution in [2.24, 2.45) is 5.73 Å². The summed E-state index contributed by atoms with van der Waals surface area (Å²) in [6.45, 7) is 0.0480. The number of aromatic nitrogens is 2. The van der Waals surface area contributed by atoms with Crippen molar-refractivity contribution in [2.45, 2.75) is 49.6 Å². The van der Waals surface area contributed by atoms with E-state index in [1.165, 1.54) is 50.4 Å². The first-order chi connectivity index (χ1) is 21.0. The lowest BCUT2D eigenvalue weighted by atomic mass is 9.97. The van der Waals surface area contributed by atoms with Gasteiger partial charge in [-0.2, -0.15) is 8.42 Å². The Morgan fingerprint density at radius 3 is 2.32 bits per heavy atom. The molecule has 9 nitrogen and oxygen atoms in total. The molecule has 13 heteroatoms. The largest absolute Gasteiger partial charge is 0.486 e. The minimum atomic E-state index is -4.79. The van der Waals surface area contributed by atoms with Gasteiger partial charge in [0.15, 0.2) is 5.75 Å². The van der Waals surface area contributed by atoms with Crippen LogP contribution in [0.15, 0.2) is 59.6 Å². The summed E-state index contributed by atoms with van der Waals surface area (Å²) in [6.07, 6.45) is 13.2. The van der Waals surface area contributed by atoms with E-state index in [1.54, 1.807) is 24.3 Å². The van der Waals surface area contributed by atoms with E-state index < -0.39 is 21.0 Å². The number of hydrogen-bond donors (Lipinski definition) is 3. The minimum Gasteiger partial charge on any atom is -0.486 e. The van der Waals surface area contributed by atoms with Crippen molar-refractivity contribution < 1.29 is 21.8 Å². The van der Waals surface area contributed by atoms with Gasteiger partial charge in [-0.05, 0) is 54.8 Å². The van der Waals surface area contributed by atoms with Crippen molar-refractivity contribution in [1.29, 1.82) is 0 Å². The van der Waals surface area contributed by atoms with Crippen molar-refractivity contribution in [1.82, 2.24) is 15.3 Å². The Balaban J connectivity index is 0.000000555. The van der Waals surface area contributed by atoms with Gasteiger partial charge in [0.25, 0.3) is 5.91 Å². The normalized spacial score (nSPS) is 13.4. The Bertz CT molecular complexity index is 1790. The highest BCUT2D eigenvalue weighted by Gasteiger charge is 2.17. The predicted molar refractivity (Wildman–Crippen MR) is 171 cm³/mol. The standard InChI is InChI=1S/C25H17Cl2FN4O4S.C6H13N/c1-2-9-30-25(33)17-12-31-21-8-7-20(32-23(21)22(17)29)15-10-18(26)24(19(27)11-15)36-13-14-3-5-16(6-4-14)37(28,34)35;7-6-4-2-1-3-5-6/h1,3-8,10-12H,9,13H2,(H2,29,31)(H,30,33);6H,1-5,7H2. The molecule has 44 heavy (non-hydrogen) atoms. The van der Waals surface area contributed by atoms with E-state index in [4.69, 9.17) is 45.8 Å². The summed E-state index contributed by atoms with van der Waals surface area (Å²) in [7, 11) is -4.79. The van der Waals surface area contributed by atoms with Gasteiger partial charge in [-0.3, -0.25) is 9.78 Å². The third-order valence-electron chi connectivity index (χ3n) is 6.88. The van der Waals surface area contributed by atoms with Crippen LogP contribution in [-0.2, 0) is 16.8 Å². The molecule has 0 aliphatic heterocycles. The monoisotopic (exact) mass is 657 g/mol. The van der Waals surface area contributed by atoms with Gasteiger partial charge in [0.2, 0.25) is 0 Å². The first-order valence-corrected chi connectivity index (χ1v) is 15.8. The second-order valence-corrected chi connectivity index (χ2v) is 12.2. The fourth-order valence-corrected chi connectivity index (χ4v) is 5.59. The quantitative estimate of drug-likeness (QED) is 0.160. The number of hydrogen-bond acceptors (Lipinski definition) is 8. The summed E-state index contributed by atoms with van der Waals surface area (Å²) in [5.74, 6) is 2.05. The van der Waals surface area contributed by atoms with Gasteiger partial charge in [0.1, 0.15) is 12.1 Å². The van der Waals surface area contributed by atoms with Gasteiger partial charge in [-0.15, -0.1) is 10.3 Å². The van der Waals surface area contributed by atoms with E-state index in [2.05, 4.69) is 21.2 Å². The molecule has 0 unspecified atom stereocenters. The number of pyridine rings is 2. The zero-order chi connectivity index (χ0) is 31.9. The first-order valence-electron chi connectivity index (χ1n) is 13.7. The van der Waals surface area contributed by atoms with Gasteiger partial charge < -0.3 is 21.5 Å². The molecule has 230 valence electrons. The number of nitrogens with two attached hydrogens (primary N) is 2. The average molecular weight is 659 g/mol. The third-order valence-corrected chi connectivity index (χ3v) is 8.28. The number of nitrogen functional groups attached to an aromatic ring is 1. The second-order valence-electron chi connectivity index (χ2n) is 10.1. The number of nitrogens with zero attached hydrogens (tertiary/aromatic N) is 2. The third kappa shape index (κ3) is 8.36. The second kappa shape index (κ2) is 14.7. The lowest BCUT2D eigenvalue weighted by molar-refractivity contribution is 0.0959. The SMILES string of the molecule is C#CCNC(=O)c1cnc2ccc(-c3cc(Cl)c(OCc4ccc(S(=O)(=O)F)cc4)c(Cl)c3)nc2c1N.NC1CCCCC1. The van der Waals surface area contributed by atoms with E-state index >= 15 is 0 Å². The molecule has 0 bridgehead atoms. The van der Waals surface area contributed by atoms with Crippen molar-refractivity contribution in [2.75, 3.05) is 12.3 Å². The van der Waals surface area contributed by atoms with Crippen LogP contribution in [-0.4, -0.2) is 36.9 Å². The lowest BCUT2D eigenvalue weighted by Gasteiger charge is -2.15. The summed E-state index contributed by atoms with van der Waals surface area (Å²) in [6, 6.07) is 12.2. The predicted octanol–water partition coefficient (Wildman–Crippen LogP) is 6.06. The number of amides is 1. The maximum Gasteiger partial charge on any atom is 0.332 e. The van der Waals surface area contributed by atoms with Crippen LogP contribution in [0.4, 0.5) is 9.57 Å². The van der Waals surface area contributed by atoms with Crippen LogP contribution in [0.25, 0.3) is 22.3 Å². The molecular formula is C31H30Cl2FN5O4S. The maximum atomic E-state index is 13.1. The van der Waals surface area contributed by atoms with Crippen LogP contribution in [0.1, 0.15) is 48.0 Å². The molecule has 1 amide bonds. The summed E-state index contributed by atoms with van der Waals surface area (Å²) >= 11 is 12.9. The Labute approximate surface area is 265 Å². The number of benzene rings is 2. The van der Waals surface area contributed by atoms with Crippen LogP contribution in [0.3, 0.4) is 0 Å². The van der Waals surface area contributed by atoms with Gasteiger partial charge in [0, 0.05) is 17.8 Å². The fraction of sp³-hybridized carbons (Fsp3) is 0.258. The molecule has 0 atom stereocenters. The Hall–Kier alpha value is -3.95. The van der Waals surface area contributed by atoms with Crippen LogP contribution < -0.4 is 21.5 Å². The topological polar surface area (TPSA) is 150 Å². The van der Waals surface area contributed by atoms with Crippen molar-refractivity contribution >= 4 is 56.1 Å². The molecule has 2 aromatic carbocycles. The van der Waals surface area contributed by atoms with Crippen molar-refractivity contribution in [3.63, 3.8) is 0 Å². The van der Waals surface area contributed by atoms with Crippen LogP contribution in [0.5, 0.6) is 5.75 Å². The molecule has 2 heterocycles. The Kier molecular flexibility index (Phi) is 11.0. The van der Waals surface area contributed by atoms with Crippen molar-refractivity contribution in [3.05, 3.63) is 75.9 Å². The molecule has 4 aromatic rings. The molecular weight excluding hydrogens is 628 g/mol. The molecule has 0 radical (unpaired) electrons. The van der Waals surface area contributed by atoms with E-state index in [0.29, 0.717) is 33.9 Å². The number of terminal acetylenes is 1. The summed E-state index contributed by atoms with van der Waals surface area (Å²) in [4.78, 5) is 20.7. The number of anilines is 1. The van der Waals surface area contributed by atoms with Crippen LogP contribution >= 0.6 is 23.2 Å². The number of rotatable bonds is 7. The molecule has 1 fully saturated rings. The van der Waals surface area contributed by atoms with Gasteiger partial charge in [-0.25, -0.2) is 4.98 Å². The molecule has 0 saturated heterocycles. The van der Waals surface area contributed by atoms with E-state index in [1.807, 2.05) is 0 Å². The number of carbonyl (C=O) groups is 1. The molecule has 1 aliphatic carbocycles. The summed E-state index contributed by atoms with van der Waals surface area (Å²) in [5, 5.41) is 2.93. The van der Waals surface area contributed by atoms with E-state index in [-0.39, 0.29) is 40.2 Å². The van der Waals surface area contributed by atoms with E-state index in [9.17, 15) is 17.1 Å². The number of nitrogens with one attached hydrogen (secondary N) is 1. The highest BCUT2D eigenvalue weighted by Crippen LogP contribution is 2.38. The summed E-state index contributed by atoms with van der Waals surface area (Å²) in [5.41, 5.74) is 14.5. The van der Waals surface area contributed by atoms with Crippen LogP contribution in [0.2, 0.25) is 10.0 Å². The number of ether oxygens (including phenoxy) is 1. The highest BCUT2D eigenvalue weighted by atomic mass is 35.5. The van der Waals surface area contributed by atoms with Crippen molar-refractivity contribution in [3.8, 4) is 29.4 Å². The summed E-state index contributed by atoms with van der Waals surface area (Å²) < 4.78 is 40.7. The van der Waals surface area contributed by atoms with Gasteiger partial charge >= 0.3 is 10.2 Å². The molecule has 2 aromatic heterocycles. The smallest absolute Gasteiger partial charge is 0.332 e. The first kappa shape index (κ1) is 33.0. The van der Waals surface area contributed by atoms with Gasteiger partial charge in [-0.1, -0.05) is 60.5 Å². The zero-order valence-electron chi connectivity index (χ0n) is 23.5. The zero-order valence-corrected chi connectivity index (χ0v) is 25.9. The maximum absolute atomic E-state index is 13.1. The number of halogens is 3.